The highest BCUT2D eigenvalue weighted by Gasteiger charge is 2.45. The Balaban J connectivity index is 1.61. The lowest BCUT2D eigenvalue weighted by Crippen LogP contribution is -2.48. The van der Waals surface area contributed by atoms with Crippen molar-refractivity contribution in [3.05, 3.63) is 54.1 Å². The molecule has 2 unspecified atom stereocenters. The first kappa shape index (κ1) is 24.4. The van der Waals surface area contributed by atoms with Crippen LogP contribution in [-0.4, -0.2) is 40.2 Å². The lowest BCUT2D eigenvalue weighted by atomic mass is 9.86. The Labute approximate surface area is 196 Å². The van der Waals surface area contributed by atoms with E-state index >= 15 is 0 Å². The van der Waals surface area contributed by atoms with Crippen LogP contribution in [0.4, 0.5) is 10.6 Å². The van der Waals surface area contributed by atoms with Gasteiger partial charge >= 0.3 is 6.09 Å². The number of carbonyl (C=O) groups excluding carboxylic acids is 1. The first-order chi connectivity index (χ1) is 15.2. The lowest BCUT2D eigenvalue weighted by molar-refractivity contribution is 0.0105. The summed E-state index contributed by atoms with van der Waals surface area (Å²) < 4.78 is 5.76. The number of likely N-dealkylation sites (tertiary alicyclic amines) is 1. The number of hydrogen-bond acceptors (Lipinski definition) is 6. The van der Waals surface area contributed by atoms with E-state index in [0.717, 1.165) is 61.6 Å². The molecule has 6 nitrogen and oxygen atoms in total. The van der Waals surface area contributed by atoms with Crippen LogP contribution in [0, 0.1) is 5.92 Å². The molecule has 0 aliphatic carbocycles. The van der Waals surface area contributed by atoms with Crippen LogP contribution in [-0.2, 0) is 11.2 Å². The van der Waals surface area contributed by atoms with E-state index in [9.17, 15) is 4.79 Å². The van der Waals surface area contributed by atoms with Gasteiger partial charge in [-0.05, 0) is 88.9 Å². The Morgan fingerprint density at radius 2 is 2.00 bits per heavy atom. The van der Waals surface area contributed by atoms with Gasteiger partial charge in [-0.2, -0.15) is 0 Å². The van der Waals surface area contributed by atoms with Gasteiger partial charge < -0.3 is 15.0 Å². The minimum Gasteiger partial charge on any atom is -0.444 e. The first-order valence-corrected chi connectivity index (χ1v) is 12.2. The summed E-state index contributed by atoms with van der Waals surface area (Å²) in [6.45, 7) is 9.53. The van der Waals surface area contributed by atoms with Crippen LogP contribution < -0.4 is 10.5 Å². The number of amides is 1. The second-order valence-electron chi connectivity index (χ2n) is 9.87. The van der Waals surface area contributed by atoms with Crippen LogP contribution in [0.15, 0.2) is 53.6 Å². The standard InChI is InChI=1S/C25H36N4O2S/c1-24(2,3)31-23(30)29-18-20(17-25(29,4)16-19-10-6-5-7-11-19)12-9-15-27-21-13-8-14-22(28-21)32-26/h5-8,10-11,13-14,20H,9,12,15-18,26H2,1-4H3,(H,27,28). The zero-order valence-corrected chi connectivity index (χ0v) is 20.5. The van der Waals surface area contributed by atoms with Crippen molar-refractivity contribution in [1.82, 2.24) is 9.88 Å². The third-order valence-corrected chi connectivity index (χ3v) is 6.27. The lowest BCUT2D eigenvalue weighted by Gasteiger charge is -2.36. The number of anilines is 1. The molecule has 1 saturated heterocycles. The third kappa shape index (κ3) is 6.87. The summed E-state index contributed by atoms with van der Waals surface area (Å²) in [5.74, 6) is 1.29. The van der Waals surface area contributed by atoms with Gasteiger partial charge in [-0.3, -0.25) is 5.14 Å². The van der Waals surface area contributed by atoms with Gasteiger partial charge in [0.15, 0.2) is 0 Å². The highest BCUT2D eigenvalue weighted by atomic mass is 32.2. The maximum atomic E-state index is 13.1. The number of rotatable bonds is 8. The van der Waals surface area contributed by atoms with Crippen LogP contribution in [0.1, 0.15) is 52.5 Å². The van der Waals surface area contributed by atoms with Gasteiger partial charge in [0.2, 0.25) is 0 Å². The summed E-state index contributed by atoms with van der Waals surface area (Å²) in [4.78, 5) is 19.5. The summed E-state index contributed by atoms with van der Waals surface area (Å²) in [6.07, 6.45) is 3.64. The molecule has 2 aromatic rings. The number of nitrogens with one attached hydrogen (secondary N) is 1. The van der Waals surface area contributed by atoms with E-state index in [2.05, 4.69) is 41.5 Å². The van der Waals surface area contributed by atoms with E-state index in [1.54, 1.807) is 0 Å². The predicted molar refractivity (Wildman–Crippen MR) is 132 cm³/mol. The van der Waals surface area contributed by atoms with Gasteiger partial charge in [0.1, 0.15) is 16.4 Å². The number of aromatic nitrogens is 1. The van der Waals surface area contributed by atoms with Crippen LogP contribution in [0.3, 0.4) is 0 Å². The molecule has 3 rings (SSSR count). The Bertz CT molecular complexity index is 887. The number of ether oxygens (including phenoxy) is 1. The van der Waals surface area contributed by atoms with Crippen molar-refractivity contribution in [3.63, 3.8) is 0 Å². The second kappa shape index (κ2) is 10.6. The number of carbonyl (C=O) groups is 1. The molecule has 1 amide bonds. The first-order valence-electron chi connectivity index (χ1n) is 11.3. The Hall–Kier alpha value is -2.25. The minimum atomic E-state index is -0.504. The molecular formula is C25H36N4O2S. The number of hydrogen-bond donors (Lipinski definition) is 2. The highest BCUT2D eigenvalue weighted by Crippen LogP contribution is 2.38. The average molecular weight is 457 g/mol. The van der Waals surface area contributed by atoms with E-state index in [-0.39, 0.29) is 11.6 Å². The molecule has 1 aromatic heterocycles. The monoisotopic (exact) mass is 456 g/mol. The molecule has 2 heterocycles. The third-order valence-electron chi connectivity index (χ3n) is 5.80. The van der Waals surface area contributed by atoms with Crippen molar-refractivity contribution >= 4 is 23.9 Å². The van der Waals surface area contributed by atoms with Crippen LogP contribution in [0.2, 0.25) is 0 Å². The summed E-state index contributed by atoms with van der Waals surface area (Å²) in [5, 5.41) is 9.78. The number of pyridine rings is 1. The maximum Gasteiger partial charge on any atom is 0.410 e. The normalized spacial score (nSPS) is 20.9. The van der Waals surface area contributed by atoms with Crippen LogP contribution in [0.25, 0.3) is 0 Å². The van der Waals surface area contributed by atoms with E-state index < -0.39 is 5.60 Å². The molecule has 3 N–H and O–H groups in total. The molecular weight excluding hydrogens is 420 g/mol. The summed E-state index contributed by atoms with van der Waals surface area (Å²) in [7, 11) is 0. The molecule has 7 heteroatoms. The van der Waals surface area contributed by atoms with Gasteiger partial charge in [-0.15, -0.1) is 0 Å². The number of nitrogens with two attached hydrogens (primary N) is 1. The highest BCUT2D eigenvalue weighted by molar-refractivity contribution is 7.97. The summed E-state index contributed by atoms with van der Waals surface area (Å²) >= 11 is 1.15. The van der Waals surface area contributed by atoms with E-state index in [0.29, 0.717) is 5.92 Å². The largest absolute Gasteiger partial charge is 0.444 e. The fraction of sp³-hybridized carbons (Fsp3) is 0.520. The molecule has 1 fully saturated rings. The molecule has 0 bridgehead atoms. The maximum absolute atomic E-state index is 13.1. The van der Waals surface area contributed by atoms with Gasteiger partial charge in [-0.25, -0.2) is 9.78 Å². The Kier molecular flexibility index (Phi) is 8.06. The van der Waals surface area contributed by atoms with E-state index in [1.165, 1.54) is 5.56 Å². The van der Waals surface area contributed by atoms with Gasteiger partial charge in [0.25, 0.3) is 0 Å². The van der Waals surface area contributed by atoms with Crippen molar-refractivity contribution in [3.8, 4) is 0 Å². The van der Waals surface area contributed by atoms with E-state index in [4.69, 9.17) is 9.88 Å². The molecule has 1 aliphatic heterocycles. The molecule has 1 aliphatic rings. The van der Waals surface area contributed by atoms with Crippen molar-refractivity contribution in [2.75, 3.05) is 18.4 Å². The van der Waals surface area contributed by atoms with E-state index in [1.807, 2.05) is 49.9 Å². The molecule has 0 spiro atoms. The second-order valence-corrected chi connectivity index (χ2v) is 10.5. The van der Waals surface area contributed by atoms with Gasteiger partial charge in [0.05, 0.1) is 0 Å². The smallest absolute Gasteiger partial charge is 0.410 e. The van der Waals surface area contributed by atoms with Crippen molar-refractivity contribution < 1.29 is 9.53 Å². The fourth-order valence-electron chi connectivity index (χ4n) is 4.47. The van der Waals surface area contributed by atoms with Crippen LogP contribution in [0.5, 0.6) is 0 Å². The molecule has 32 heavy (non-hydrogen) atoms. The Morgan fingerprint density at radius 3 is 2.69 bits per heavy atom. The SMILES string of the molecule is CC(C)(C)OC(=O)N1CC(CCCNc2cccc(SN)n2)CC1(C)Cc1ccccc1. The molecule has 0 saturated carbocycles. The summed E-state index contributed by atoms with van der Waals surface area (Å²) in [5.41, 5.74) is 0.487. The fourth-order valence-corrected chi connectivity index (χ4v) is 4.78. The zero-order chi connectivity index (χ0) is 23.2. The van der Waals surface area contributed by atoms with Gasteiger partial charge in [-0.1, -0.05) is 36.4 Å². The van der Waals surface area contributed by atoms with Crippen molar-refractivity contribution in [2.45, 2.75) is 69.5 Å². The molecule has 2 atom stereocenters. The topological polar surface area (TPSA) is 80.5 Å². The Morgan fingerprint density at radius 1 is 1.25 bits per heavy atom. The molecule has 1 aromatic carbocycles. The van der Waals surface area contributed by atoms with Crippen molar-refractivity contribution in [1.29, 1.82) is 0 Å². The summed E-state index contributed by atoms with van der Waals surface area (Å²) in [6, 6.07) is 16.2. The quantitative estimate of drug-likeness (QED) is 0.403. The number of nitrogens with zero attached hydrogens (tertiary/aromatic N) is 2. The van der Waals surface area contributed by atoms with Gasteiger partial charge in [0, 0.05) is 18.6 Å². The average Bonchev–Trinajstić information content (AvgIpc) is 3.07. The van der Waals surface area contributed by atoms with Crippen molar-refractivity contribution in [2.24, 2.45) is 11.1 Å². The zero-order valence-electron chi connectivity index (χ0n) is 19.6. The molecule has 0 radical (unpaired) electrons. The van der Waals surface area contributed by atoms with Crippen LogP contribution >= 0.6 is 11.9 Å². The minimum absolute atomic E-state index is 0.211. The molecule has 174 valence electrons. The number of benzene rings is 1. The predicted octanol–water partition coefficient (Wildman–Crippen LogP) is 5.50.